The molecule has 1 aromatic carbocycles. The number of nitrogens with zero attached hydrogens (tertiary/aromatic N) is 4. The van der Waals surface area contributed by atoms with Crippen LogP contribution in [0.3, 0.4) is 0 Å². The van der Waals surface area contributed by atoms with Crippen molar-refractivity contribution in [3.63, 3.8) is 0 Å². The van der Waals surface area contributed by atoms with E-state index in [0.717, 1.165) is 24.4 Å². The number of rotatable bonds is 4. The number of hydrogen-bond donors (Lipinski definition) is 1. The van der Waals surface area contributed by atoms with Gasteiger partial charge in [-0.3, -0.25) is 14.7 Å². The minimum absolute atomic E-state index is 0.0344. The van der Waals surface area contributed by atoms with Crippen molar-refractivity contribution in [3.05, 3.63) is 42.0 Å². The molecule has 0 aliphatic carbocycles. The van der Waals surface area contributed by atoms with Crippen molar-refractivity contribution < 1.29 is 9.59 Å². The molecule has 1 N–H and O–H groups in total. The van der Waals surface area contributed by atoms with E-state index in [-0.39, 0.29) is 17.7 Å². The second kappa shape index (κ2) is 7.73. The monoisotopic (exact) mass is 381 g/mol. The molecule has 7 heteroatoms. The first kappa shape index (κ1) is 18.7. The van der Waals surface area contributed by atoms with Crippen LogP contribution in [0.4, 0.5) is 5.69 Å². The Morgan fingerprint density at radius 3 is 2.50 bits per heavy atom. The maximum atomic E-state index is 13.0. The fraction of sp³-hybridized carbons (Fsp3) is 0.524. The number of likely N-dealkylation sites (tertiary alicyclic amines) is 1. The van der Waals surface area contributed by atoms with Gasteiger partial charge in [0.15, 0.2) is 0 Å². The van der Waals surface area contributed by atoms with E-state index in [4.69, 9.17) is 0 Å². The van der Waals surface area contributed by atoms with Crippen molar-refractivity contribution in [3.8, 4) is 0 Å². The minimum Gasteiger partial charge on any atom is -0.342 e. The molecule has 0 radical (unpaired) electrons. The first-order valence-electron chi connectivity index (χ1n) is 10.1. The van der Waals surface area contributed by atoms with Crippen molar-refractivity contribution in [2.75, 3.05) is 24.5 Å². The minimum atomic E-state index is -0.251. The molecule has 0 spiro atoms. The quantitative estimate of drug-likeness (QED) is 0.883. The highest BCUT2D eigenvalue weighted by Crippen LogP contribution is 2.30. The zero-order valence-corrected chi connectivity index (χ0v) is 16.5. The Kier molecular flexibility index (Phi) is 5.15. The van der Waals surface area contributed by atoms with Gasteiger partial charge in [0.1, 0.15) is 12.2 Å². The molecule has 3 heterocycles. The largest absolute Gasteiger partial charge is 0.342 e. The van der Waals surface area contributed by atoms with Gasteiger partial charge in [0, 0.05) is 37.7 Å². The molecule has 28 heavy (non-hydrogen) atoms. The highest BCUT2D eigenvalue weighted by atomic mass is 16.2. The summed E-state index contributed by atoms with van der Waals surface area (Å²) in [6.45, 7) is 6.18. The van der Waals surface area contributed by atoms with Crippen LogP contribution in [0.25, 0.3) is 0 Å². The van der Waals surface area contributed by atoms with E-state index in [1.54, 1.807) is 4.90 Å². The van der Waals surface area contributed by atoms with E-state index in [9.17, 15) is 9.59 Å². The number of nitrogens with one attached hydrogen (secondary N) is 1. The van der Waals surface area contributed by atoms with E-state index >= 15 is 0 Å². The molecule has 2 amide bonds. The van der Waals surface area contributed by atoms with E-state index in [2.05, 4.69) is 41.2 Å². The molecule has 4 rings (SSSR count). The van der Waals surface area contributed by atoms with Crippen molar-refractivity contribution >= 4 is 17.5 Å². The Morgan fingerprint density at radius 2 is 1.89 bits per heavy atom. The van der Waals surface area contributed by atoms with Crippen molar-refractivity contribution in [2.24, 2.45) is 5.92 Å². The third kappa shape index (κ3) is 3.66. The average molecular weight is 381 g/mol. The van der Waals surface area contributed by atoms with Gasteiger partial charge < -0.3 is 9.80 Å². The predicted molar refractivity (Wildman–Crippen MR) is 106 cm³/mol. The lowest BCUT2D eigenvalue weighted by Crippen LogP contribution is -2.42. The van der Waals surface area contributed by atoms with Crippen molar-refractivity contribution in [1.82, 2.24) is 20.1 Å². The summed E-state index contributed by atoms with van der Waals surface area (Å²) >= 11 is 0. The van der Waals surface area contributed by atoms with Crippen LogP contribution >= 0.6 is 0 Å². The molecule has 2 saturated heterocycles. The number of piperidine rings is 1. The predicted octanol–water partition coefficient (Wildman–Crippen LogP) is 2.69. The average Bonchev–Trinajstić information content (AvgIpc) is 3.38. The Morgan fingerprint density at radius 1 is 1.18 bits per heavy atom. The van der Waals surface area contributed by atoms with Crippen molar-refractivity contribution in [1.29, 1.82) is 0 Å². The molecule has 0 unspecified atom stereocenters. The number of H-pyrrole nitrogens is 1. The summed E-state index contributed by atoms with van der Waals surface area (Å²) in [4.78, 5) is 33.4. The number of aromatic amines is 1. The Labute approximate surface area is 165 Å². The number of carbonyl (C=O) groups is 2. The van der Waals surface area contributed by atoms with Gasteiger partial charge in [0.05, 0.1) is 5.92 Å². The zero-order chi connectivity index (χ0) is 19.7. The highest BCUT2D eigenvalue weighted by Gasteiger charge is 2.38. The molecule has 1 atom stereocenters. The molecular formula is C21H27N5O2. The van der Waals surface area contributed by atoms with Crippen LogP contribution in [-0.2, 0) is 9.59 Å². The van der Waals surface area contributed by atoms with Gasteiger partial charge in [-0.15, -0.1) is 0 Å². The van der Waals surface area contributed by atoms with Gasteiger partial charge in [0.25, 0.3) is 0 Å². The number of hydrogen-bond acceptors (Lipinski definition) is 4. The lowest BCUT2D eigenvalue weighted by molar-refractivity contribution is -0.136. The van der Waals surface area contributed by atoms with Crippen LogP contribution in [0, 0.1) is 5.92 Å². The molecule has 148 valence electrons. The Bertz CT molecular complexity index is 823. The molecule has 2 aromatic rings. The maximum Gasteiger partial charge on any atom is 0.228 e. The van der Waals surface area contributed by atoms with Crippen LogP contribution in [0.2, 0.25) is 0 Å². The van der Waals surface area contributed by atoms with Gasteiger partial charge in [-0.05, 0) is 36.5 Å². The maximum absolute atomic E-state index is 13.0. The Balaban J connectivity index is 1.36. The molecular weight excluding hydrogens is 354 g/mol. The molecule has 2 aliphatic heterocycles. The second-order valence-electron chi connectivity index (χ2n) is 8.12. The first-order chi connectivity index (χ1) is 13.5. The summed E-state index contributed by atoms with van der Waals surface area (Å²) in [6, 6.07) is 8.11. The Hall–Kier alpha value is -2.70. The van der Waals surface area contributed by atoms with E-state index in [1.807, 2.05) is 17.0 Å². The van der Waals surface area contributed by atoms with E-state index in [1.165, 1.54) is 11.9 Å². The summed E-state index contributed by atoms with van der Waals surface area (Å²) in [5.74, 6) is 1.57. The summed E-state index contributed by atoms with van der Waals surface area (Å²) in [5, 5.41) is 6.85. The molecule has 7 nitrogen and oxygen atoms in total. The topological polar surface area (TPSA) is 82.2 Å². The van der Waals surface area contributed by atoms with E-state index in [0.29, 0.717) is 37.9 Å². The third-order valence-electron chi connectivity index (χ3n) is 5.97. The molecule has 0 bridgehead atoms. The smallest absolute Gasteiger partial charge is 0.228 e. The molecule has 1 aromatic heterocycles. The summed E-state index contributed by atoms with van der Waals surface area (Å²) < 4.78 is 0. The lowest BCUT2D eigenvalue weighted by Gasteiger charge is -2.32. The van der Waals surface area contributed by atoms with Gasteiger partial charge in [0.2, 0.25) is 11.8 Å². The zero-order valence-electron chi connectivity index (χ0n) is 16.5. The van der Waals surface area contributed by atoms with Crippen molar-refractivity contribution in [2.45, 2.75) is 44.9 Å². The molecule has 2 fully saturated rings. The summed E-state index contributed by atoms with van der Waals surface area (Å²) in [6.07, 6.45) is 3.58. The number of carbonyl (C=O) groups excluding carboxylic acids is 2. The summed E-state index contributed by atoms with van der Waals surface area (Å²) in [7, 11) is 0. The fourth-order valence-electron chi connectivity index (χ4n) is 4.20. The van der Waals surface area contributed by atoms with Gasteiger partial charge in [-0.1, -0.05) is 26.0 Å². The fourth-order valence-corrected chi connectivity index (χ4v) is 4.20. The molecule has 0 saturated carbocycles. The van der Waals surface area contributed by atoms with Gasteiger partial charge in [-0.2, -0.15) is 5.10 Å². The highest BCUT2D eigenvalue weighted by molar-refractivity contribution is 6.00. The number of aromatic nitrogens is 3. The number of amides is 2. The normalized spacial score (nSPS) is 21.0. The standard InChI is InChI=1S/C21H27N5O2/c1-14(2)15-3-5-18(6-4-15)26-12-17(11-19(26)27)21(28)25-9-7-16(8-10-25)20-22-13-23-24-20/h3-6,13-14,16-17H,7-12H2,1-2H3,(H,22,23,24)/t17-/m1/s1. The van der Waals surface area contributed by atoms with Crippen LogP contribution in [0.15, 0.2) is 30.6 Å². The number of benzene rings is 1. The SMILES string of the molecule is CC(C)c1ccc(N2C[C@H](C(=O)N3CCC(c4ncn[nH]4)CC3)CC2=O)cc1. The van der Waals surface area contributed by atoms with E-state index < -0.39 is 0 Å². The van der Waals surface area contributed by atoms with Crippen LogP contribution < -0.4 is 4.90 Å². The van der Waals surface area contributed by atoms with Crippen LogP contribution in [0.5, 0.6) is 0 Å². The molecule has 2 aliphatic rings. The second-order valence-corrected chi connectivity index (χ2v) is 8.12. The number of anilines is 1. The summed E-state index contributed by atoms with van der Waals surface area (Å²) in [5.41, 5.74) is 2.13. The first-order valence-corrected chi connectivity index (χ1v) is 10.1. The van der Waals surface area contributed by atoms with Gasteiger partial charge >= 0.3 is 0 Å². The van der Waals surface area contributed by atoms with Gasteiger partial charge in [-0.25, -0.2) is 4.98 Å². The third-order valence-corrected chi connectivity index (χ3v) is 5.97. The lowest BCUT2D eigenvalue weighted by atomic mass is 9.95. The van der Waals surface area contributed by atoms with Crippen LogP contribution in [-0.4, -0.2) is 51.5 Å². The van der Waals surface area contributed by atoms with Crippen LogP contribution in [0.1, 0.15) is 56.3 Å².